The van der Waals surface area contributed by atoms with Gasteiger partial charge < -0.3 is 9.64 Å². The molecule has 0 N–H and O–H groups in total. The number of hydrogen-bond acceptors (Lipinski definition) is 2. The molecule has 1 heterocycles. The fourth-order valence-corrected chi connectivity index (χ4v) is 12.0. The van der Waals surface area contributed by atoms with Crippen molar-refractivity contribution in [3.63, 3.8) is 0 Å². The molecule has 14 rings (SSSR count). The molecule has 0 saturated carbocycles. The van der Waals surface area contributed by atoms with Crippen LogP contribution in [-0.2, 0) is 5.41 Å². The van der Waals surface area contributed by atoms with E-state index in [-0.39, 0.29) is 0 Å². The number of fused-ring (bicyclic) bond motifs is 12. The van der Waals surface area contributed by atoms with E-state index in [0.29, 0.717) is 0 Å². The predicted octanol–water partition coefficient (Wildman–Crippen LogP) is 18.6. The molecule has 1 spiro atoms. The van der Waals surface area contributed by atoms with Crippen molar-refractivity contribution < 1.29 is 4.74 Å². The van der Waals surface area contributed by atoms with E-state index in [1.54, 1.807) is 0 Å². The molecule has 12 aromatic carbocycles. The molecule has 0 atom stereocenters. The van der Waals surface area contributed by atoms with Gasteiger partial charge in [0.15, 0.2) is 0 Å². The van der Waals surface area contributed by atoms with Gasteiger partial charge >= 0.3 is 0 Å². The van der Waals surface area contributed by atoms with Gasteiger partial charge in [0, 0.05) is 27.9 Å². The molecule has 0 fully saturated rings. The van der Waals surface area contributed by atoms with E-state index < -0.39 is 5.41 Å². The Bertz CT molecular complexity index is 3990. The summed E-state index contributed by atoms with van der Waals surface area (Å²) in [5, 5.41) is 5.01. The third kappa shape index (κ3) is 6.28. The van der Waals surface area contributed by atoms with Crippen LogP contribution >= 0.6 is 0 Å². The van der Waals surface area contributed by atoms with Crippen molar-refractivity contribution in [1.29, 1.82) is 0 Å². The molecule has 0 bridgehead atoms. The van der Waals surface area contributed by atoms with Crippen LogP contribution in [0.4, 0.5) is 17.1 Å². The summed E-state index contributed by atoms with van der Waals surface area (Å²) in [6, 6.07) is 99.8. The van der Waals surface area contributed by atoms with E-state index in [0.717, 1.165) is 50.8 Å². The highest BCUT2D eigenvalue weighted by atomic mass is 16.5. The van der Waals surface area contributed by atoms with Crippen molar-refractivity contribution in [2.45, 2.75) is 5.41 Å². The van der Waals surface area contributed by atoms with E-state index in [4.69, 9.17) is 4.74 Å². The lowest BCUT2D eigenvalue weighted by atomic mass is 9.66. The third-order valence-electron chi connectivity index (χ3n) is 15.0. The number of benzene rings is 12. The Labute approximate surface area is 414 Å². The summed E-state index contributed by atoms with van der Waals surface area (Å²) >= 11 is 0. The van der Waals surface area contributed by atoms with E-state index >= 15 is 0 Å². The van der Waals surface area contributed by atoms with Crippen molar-refractivity contribution in [2.24, 2.45) is 0 Å². The van der Waals surface area contributed by atoms with Crippen LogP contribution in [0.1, 0.15) is 22.3 Å². The highest BCUT2D eigenvalue weighted by Crippen LogP contribution is 2.64. The zero-order chi connectivity index (χ0) is 46.9. The van der Waals surface area contributed by atoms with Crippen molar-refractivity contribution in [3.8, 4) is 67.1 Å². The summed E-state index contributed by atoms with van der Waals surface area (Å²) in [5.41, 5.74) is 19.3. The first kappa shape index (κ1) is 40.8. The fourth-order valence-electron chi connectivity index (χ4n) is 12.0. The molecule has 12 aromatic rings. The maximum Gasteiger partial charge on any atom is 0.132 e. The SMILES string of the molecule is c1ccc(-c2ccccc2-c2ccccc2-c2ccccc2N(c2ccc(-c3cc4ccccc4c4ccccc34)cc2)c2cccc3c2-c2ccccc2C32c3ccccc3Oc3ccccc32)cc1. The average Bonchev–Trinajstić information content (AvgIpc) is 3.74. The lowest BCUT2D eigenvalue weighted by Gasteiger charge is -2.39. The van der Waals surface area contributed by atoms with Gasteiger partial charge in [0.25, 0.3) is 0 Å². The molecule has 2 aliphatic rings. The molecule has 2 nitrogen and oxygen atoms in total. The Balaban J connectivity index is 1.03. The second-order valence-corrected chi connectivity index (χ2v) is 18.6. The van der Waals surface area contributed by atoms with Gasteiger partial charge in [-0.25, -0.2) is 0 Å². The van der Waals surface area contributed by atoms with Crippen molar-refractivity contribution in [1.82, 2.24) is 0 Å². The predicted molar refractivity (Wildman–Crippen MR) is 295 cm³/mol. The Morgan fingerprint density at radius 1 is 0.282 bits per heavy atom. The van der Waals surface area contributed by atoms with Gasteiger partial charge in [0.2, 0.25) is 0 Å². The summed E-state index contributed by atoms with van der Waals surface area (Å²) < 4.78 is 6.75. The van der Waals surface area contributed by atoms with Crippen LogP contribution in [-0.4, -0.2) is 0 Å². The van der Waals surface area contributed by atoms with Gasteiger partial charge in [-0.2, -0.15) is 0 Å². The Morgan fingerprint density at radius 3 is 1.48 bits per heavy atom. The highest BCUT2D eigenvalue weighted by molar-refractivity contribution is 6.14. The average molecular weight is 904 g/mol. The first-order chi connectivity index (χ1) is 35.3. The minimum absolute atomic E-state index is 0.618. The molecule has 0 saturated heterocycles. The maximum absolute atomic E-state index is 6.75. The molecule has 0 unspecified atom stereocenters. The minimum atomic E-state index is -0.618. The number of ether oxygens (including phenoxy) is 1. The number of nitrogens with zero attached hydrogens (tertiary/aromatic N) is 1. The van der Waals surface area contributed by atoms with E-state index in [1.807, 2.05) is 0 Å². The van der Waals surface area contributed by atoms with Crippen LogP contribution in [0.25, 0.3) is 77.2 Å². The van der Waals surface area contributed by atoms with E-state index in [1.165, 1.54) is 77.2 Å². The van der Waals surface area contributed by atoms with Crippen LogP contribution < -0.4 is 9.64 Å². The quantitative estimate of drug-likeness (QED) is 0.148. The van der Waals surface area contributed by atoms with E-state index in [2.05, 4.69) is 278 Å². The second kappa shape index (κ2) is 16.5. The van der Waals surface area contributed by atoms with Crippen molar-refractivity contribution in [2.75, 3.05) is 4.90 Å². The normalized spacial score (nSPS) is 12.7. The number of hydrogen-bond donors (Lipinski definition) is 0. The topological polar surface area (TPSA) is 12.5 Å². The van der Waals surface area contributed by atoms with Crippen LogP contribution in [0.5, 0.6) is 11.5 Å². The molecule has 332 valence electrons. The summed E-state index contributed by atoms with van der Waals surface area (Å²) in [5.74, 6) is 1.76. The molecule has 0 radical (unpaired) electrons. The monoisotopic (exact) mass is 903 g/mol. The zero-order valence-corrected chi connectivity index (χ0v) is 38.8. The largest absolute Gasteiger partial charge is 0.457 e. The number of rotatable bonds is 7. The zero-order valence-electron chi connectivity index (χ0n) is 38.8. The number of para-hydroxylation sites is 3. The van der Waals surface area contributed by atoms with Crippen LogP contribution in [0.3, 0.4) is 0 Å². The molecule has 0 amide bonds. The first-order valence-corrected chi connectivity index (χ1v) is 24.5. The van der Waals surface area contributed by atoms with Gasteiger partial charge in [-0.05, 0) is 120 Å². The lowest BCUT2D eigenvalue weighted by Crippen LogP contribution is -2.32. The van der Waals surface area contributed by atoms with E-state index in [9.17, 15) is 0 Å². The van der Waals surface area contributed by atoms with Crippen LogP contribution in [0, 0.1) is 0 Å². The molecule has 0 aromatic heterocycles. The Hall–Kier alpha value is -9.24. The molecule has 71 heavy (non-hydrogen) atoms. The summed E-state index contributed by atoms with van der Waals surface area (Å²) in [6.07, 6.45) is 0. The molecular weight excluding hydrogens is 859 g/mol. The van der Waals surface area contributed by atoms with Crippen molar-refractivity contribution in [3.05, 3.63) is 295 Å². The number of anilines is 3. The third-order valence-corrected chi connectivity index (χ3v) is 15.0. The summed E-state index contributed by atoms with van der Waals surface area (Å²) in [6.45, 7) is 0. The molecule has 2 heteroatoms. The second-order valence-electron chi connectivity index (χ2n) is 18.6. The smallest absolute Gasteiger partial charge is 0.132 e. The molecule has 1 aliphatic heterocycles. The maximum atomic E-state index is 6.75. The Kier molecular flexibility index (Phi) is 9.47. The Morgan fingerprint density at radius 2 is 0.761 bits per heavy atom. The minimum Gasteiger partial charge on any atom is -0.457 e. The summed E-state index contributed by atoms with van der Waals surface area (Å²) in [4.78, 5) is 2.52. The standard InChI is InChI=1S/C69H45NO/c1-2-21-46(22-3-1)50-24-6-7-26-52(50)54-28-9-10-29-55(54)57-31-13-17-37-64(57)70(49-43-41-47(42-44-49)59-45-48-23-4-5-25-51(48)53-27-8-11-30-56(53)59)65-38-20-36-63-68(65)58-32-12-14-33-60(58)69(63)61-34-15-18-39-66(61)71-67-40-19-16-35-62(67)69/h1-45H. The van der Waals surface area contributed by atoms with Gasteiger partial charge in [0.05, 0.1) is 16.8 Å². The lowest BCUT2D eigenvalue weighted by molar-refractivity contribution is 0.436. The van der Waals surface area contributed by atoms with Gasteiger partial charge in [-0.15, -0.1) is 0 Å². The van der Waals surface area contributed by atoms with Gasteiger partial charge in [0.1, 0.15) is 11.5 Å². The first-order valence-electron chi connectivity index (χ1n) is 24.5. The molecule has 1 aliphatic carbocycles. The van der Waals surface area contributed by atoms with Gasteiger partial charge in [-0.3, -0.25) is 0 Å². The highest BCUT2D eigenvalue weighted by Gasteiger charge is 2.52. The van der Waals surface area contributed by atoms with Crippen LogP contribution in [0.2, 0.25) is 0 Å². The summed E-state index contributed by atoms with van der Waals surface area (Å²) in [7, 11) is 0. The van der Waals surface area contributed by atoms with Crippen molar-refractivity contribution >= 4 is 38.6 Å². The van der Waals surface area contributed by atoms with Crippen LogP contribution in [0.15, 0.2) is 273 Å². The molecular formula is C69H45NO. The fraction of sp³-hybridized carbons (Fsp3) is 0.0145. The van der Waals surface area contributed by atoms with Gasteiger partial charge in [-0.1, -0.05) is 231 Å².